The van der Waals surface area contributed by atoms with Gasteiger partial charge in [-0.15, -0.1) is 0 Å². The summed E-state index contributed by atoms with van der Waals surface area (Å²) in [5.74, 6) is 1.52. The molecule has 1 atom stereocenters. The third kappa shape index (κ3) is 4.99. The molecular weight excluding hydrogens is 288 g/mol. The molecule has 5 nitrogen and oxygen atoms in total. The van der Waals surface area contributed by atoms with E-state index >= 15 is 0 Å². The first-order valence-corrected chi connectivity index (χ1v) is 8.65. The van der Waals surface area contributed by atoms with Crippen LogP contribution in [0.1, 0.15) is 56.2 Å². The molecule has 0 spiro atoms. The number of hydrogen-bond acceptors (Lipinski definition) is 4. The molecule has 2 heterocycles. The van der Waals surface area contributed by atoms with Gasteiger partial charge in [0, 0.05) is 50.4 Å². The third-order valence-corrected chi connectivity index (χ3v) is 4.57. The fourth-order valence-corrected chi connectivity index (χ4v) is 3.11. The number of carbonyl (C=O) groups excluding carboxylic acids is 1. The summed E-state index contributed by atoms with van der Waals surface area (Å²) in [6.07, 6.45) is 3.55. The van der Waals surface area contributed by atoms with Crippen LogP contribution in [0, 0.1) is 6.92 Å². The molecule has 1 aromatic rings. The van der Waals surface area contributed by atoms with E-state index in [2.05, 4.69) is 23.7 Å². The highest BCUT2D eigenvalue weighted by Gasteiger charge is 2.25. The number of carbonyl (C=O) groups is 1. The average Bonchev–Trinajstić information content (AvgIpc) is 2.52. The van der Waals surface area contributed by atoms with Crippen molar-refractivity contribution in [3.63, 3.8) is 0 Å². The Kier molecular flexibility index (Phi) is 6.10. The molecule has 1 aliphatic heterocycles. The SMILES string of the molecule is Cc1cc(CCC(=O)N(C)C)nc([C@@H]2CCCN(C(C)C)C2)n1. The lowest BCUT2D eigenvalue weighted by Crippen LogP contribution is -2.39. The van der Waals surface area contributed by atoms with E-state index in [4.69, 9.17) is 4.98 Å². The van der Waals surface area contributed by atoms with Crippen LogP contribution in [-0.4, -0.2) is 58.9 Å². The van der Waals surface area contributed by atoms with Crippen molar-refractivity contribution in [2.45, 2.75) is 58.4 Å². The quantitative estimate of drug-likeness (QED) is 0.836. The number of amides is 1. The second-order valence-corrected chi connectivity index (χ2v) is 7.07. The van der Waals surface area contributed by atoms with Crippen LogP contribution in [0.3, 0.4) is 0 Å². The molecule has 1 aromatic heterocycles. The second-order valence-electron chi connectivity index (χ2n) is 7.07. The number of aryl methyl sites for hydroxylation is 2. The van der Waals surface area contributed by atoms with Crippen molar-refractivity contribution in [3.05, 3.63) is 23.3 Å². The van der Waals surface area contributed by atoms with Gasteiger partial charge in [0.25, 0.3) is 0 Å². The molecule has 2 rings (SSSR count). The van der Waals surface area contributed by atoms with Crippen molar-refractivity contribution in [1.82, 2.24) is 19.8 Å². The standard InChI is InChI=1S/C18H30N4O/c1-13(2)22-10-6-7-15(12-22)18-19-14(3)11-16(20-18)8-9-17(23)21(4)5/h11,13,15H,6-10,12H2,1-5H3/t15-/m1/s1. The van der Waals surface area contributed by atoms with Crippen LogP contribution >= 0.6 is 0 Å². The number of aromatic nitrogens is 2. The van der Waals surface area contributed by atoms with Crippen molar-refractivity contribution < 1.29 is 4.79 Å². The van der Waals surface area contributed by atoms with Crippen molar-refractivity contribution in [2.24, 2.45) is 0 Å². The maximum atomic E-state index is 11.8. The van der Waals surface area contributed by atoms with E-state index in [0.717, 1.165) is 30.2 Å². The van der Waals surface area contributed by atoms with Gasteiger partial charge in [-0.1, -0.05) is 0 Å². The van der Waals surface area contributed by atoms with E-state index in [1.165, 1.54) is 13.0 Å². The Morgan fingerprint density at radius 1 is 1.39 bits per heavy atom. The van der Waals surface area contributed by atoms with Crippen molar-refractivity contribution in [3.8, 4) is 0 Å². The normalized spacial score (nSPS) is 19.1. The van der Waals surface area contributed by atoms with Gasteiger partial charge in [0.15, 0.2) is 0 Å². The summed E-state index contributed by atoms with van der Waals surface area (Å²) in [4.78, 5) is 25.4. The van der Waals surface area contributed by atoms with Crippen LogP contribution in [0.15, 0.2) is 6.07 Å². The number of nitrogens with zero attached hydrogens (tertiary/aromatic N) is 4. The van der Waals surface area contributed by atoms with Crippen LogP contribution in [-0.2, 0) is 11.2 Å². The summed E-state index contributed by atoms with van der Waals surface area (Å²) in [6.45, 7) is 8.72. The molecule has 1 fully saturated rings. The third-order valence-electron chi connectivity index (χ3n) is 4.57. The number of likely N-dealkylation sites (tertiary alicyclic amines) is 1. The van der Waals surface area contributed by atoms with Crippen molar-refractivity contribution in [1.29, 1.82) is 0 Å². The monoisotopic (exact) mass is 318 g/mol. The molecule has 1 amide bonds. The van der Waals surface area contributed by atoms with Crippen LogP contribution in [0.25, 0.3) is 0 Å². The Hall–Kier alpha value is -1.49. The van der Waals surface area contributed by atoms with E-state index in [-0.39, 0.29) is 5.91 Å². The first kappa shape index (κ1) is 17.9. The minimum absolute atomic E-state index is 0.145. The van der Waals surface area contributed by atoms with Gasteiger partial charge < -0.3 is 9.80 Å². The van der Waals surface area contributed by atoms with E-state index < -0.39 is 0 Å². The van der Waals surface area contributed by atoms with Gasteiger partial charge in [0.2, 0.25) is 5.91 Å². The summed E-state index contributed by atoms with van der Waals surface area (Å²) in [5.41, 5.74) is 1.99. The highest BCUT2D eigenvalue weighted by atomic mass is 16.2. The minimum Gasteiger partial charge on any atom is -0.349 e. The Balaban J connectivity index is 2.09. The zero-order valence-electron chi connectivity index (χ0n) is 15.2. The lowest BCUT2D eigenvalue weighted by atomic mass is 9.96. The zero-order chi connectivity index (χ0) is 17.0. The topological polar surface area (TPSA) is 49.3 Å². The predicted octanol–water partition coefficient (Wildman–Crippen LogP) is 2.39. The predicted molar refractivity (Wildman–Crippen MR) is 92.5 cm³/mol. The van der Waals surface area contributed by atoms with Crippen LogP contribution in [0.2, 0.25) is 0 Å². The van der Waals surface area contributed by atoms with Crippen molar-refractivity contribution in [2.75, 3.05) is 27.2 Å². The molecule has 1 aliphatic rings. The Labute approximate surface area is 140 Å². The van der Waals surface area contributed by atoms with E-state index in [9.17, 15) is 4.79 Å². The smallest absolute Gasteiger partial charge is 0.222 e. The Morgan fingerprint density at radius 2 is 2.13 bits per heavy atom. The summed E-state index contributed by atoms with van der Waals surface area (Å²) in [7, 11) is 3.59. The molecule has 23 heavy (non-hydrogen) atoms. The van der Waals surface area contributed by atoms with Crippen LogP contribution < -0.4 is 0 Å². The summed E-state index contributed by atoms with van der Waals surface area (Å²) in [5, 5.41) is 0. The van der Waals surface area contributed by atoms with Gasteiger partial charge in [0.05, 0.1) is 0 Å². The Morgan fingerprint density at radius 3 is 2.78 bits per heavy atom. The fourth-order valence-electron chi connectivity index (χ4n) is 3.11. The maximum Gasteiger partial charge on any atom is 0.222 e. The highest BCUT2D eigenvalue weighted by molar-refractivity contribution is 5.75. The maximum absolute atomic E-state index is 11.8. The van der Waals surface area contributed by atoms with Gasteiger partial charge in [-0.2, -0.15) is 0 Å². The lowest BCUT2D eigenvalue weighted by molar-refractivity contribution is -0.128. The molecule has 0 radical (unpaired) electrons. The largest absolute Gasteiger partial charge is 0.349 e. The second kappa shape index (κ2) is 7.86. The number of hydrogen-bond donors (Lipinski definition) is 0. The van der Waals surface area contributed by atoms with Crippen LogP contribution in [0.4, 0.5) is 0 Å². The van der Waals surface area contributed by atoms with E-state index in [1.807, 2.05) is 13.0 Å². The van der Waals surface area contributed by atoms with E-state index in [0.29, 0.717) is 24.8 Å². The van der Waals surface area contributed by atoms with Gasteiger partial charge >= 0.3 is 0 Å². The lowest BCUT2D eigenvalue weighted by Gasteiger charge is -2.34. The molecule has 128 valence electrons. The molecular formula is C18H30N4O. The molecule has 0 aromatic carbocycles. The van der Waals surface area contributed by atoms with Crippen molar-refractivity contribution >= 4 is 5.91 Å². The van der Waals surface area contributed by atoms with E-state index in [1.54, 1.807) is 19.0 Å². The Bertz CT molecular complexity index is 542. The first-order valence-electron chi connectivity index (χ1n) is 8.65. The first-order chi connectivity index (χ1) is 10.9. The minimum atomic E-state index is 0.145. The summed E-state index contributed by atoms with van der Waals surface area (Å²) >= 11 is 0. The zero-order valence-corrected chi connectivity index (χ0v) is 15.2. The molecule has 0 saturated carbocycles. The molecule has 0 aliphatic carbocycles. The van der Waals surface area contributed by atoms with Gasteiger partial charge in [-0.3, -0.25) is 4.79 Å². The highest BCUT2D eigenvalue weighted by Crippen LogP contribution is 2.26. The van der Waals surface area contributed by atoms with Gasteiger partial charge in [-0.25, -0.2) is 9.97 Å². The molecule has 0 N–H and O–H groups in total. The average molecular weight is 318 g/mol. The van der Waals surface area contributed by atoms with Gasteiger partial charge in [0.1, 0.15) is 5.82 Å². The molecule has 0 bridgehead atoms. The number of piperidine rings is 1. The molecule has 0 unspecified atom stereocenters. The molecule has 1 saturated heterocycles. The summed E-state index contributed by atoms with van der Waals surface area (Å²) in [6, 6.07) is 2.58. The number of rotatable bonds is 5. The summed E-state index contributed by atoms with van der Waals surface area (Å²) < 4.78 is 0. The van der Waals surface area contributed by atoms with Crippen LogP contribution in [0.5, 0.6) is 0 Å². The fraction of sp³-hybridized carbons (Fsp3) is 0.722. The molecule has 5 heteroatoms. The van der Waals surface area contributed by atoms with Gasteiger partial charge in [-0.05, 0) is 52.6 Å².